The molecule has 25 heavy (non-hydrogen) atoms. The lowest BCUT2D eigenvalue weighted by atomic mass is 10.1. The summed E-state index contributed by atoms with van der Waals surface area (Å²) in [7, 11) is 0. The molecule has 1 aliphatic heterocycles. The molecular formula is C21H27NO3. The second-order valence-electron chi connectivity index (χ2n) is 6.58. The number of ether oxygens (including phenoxy) is 2. The highest BCUT2D eigenvalue weighted by Gasteiger charge is 2.15. The average Bonchev–Trinajstić information content (AvgIpc) is 2.67. The van der Waals surface area contributed by atoms with Crippen molar-refractivity contribution in [3.8, 4) is 11.5 Å². The molecule has 4 heteroatoms. The molecule has 0 saturated carbocycles. The Morgan fingerprint density at radius 1 is 0.880 bits per heavy atom. The first-order valence-corrected chi connectivity index (χ1v) is 9.09. The maximum atomic E-state index is 10.2. The zero-order valence-corrected chi connectivity index (χ0v) is 14.6. The predicted octanol–water partition coefficient (Wildman–Crippen LogP) is 3.49. The van der Waals surface area contributed by atoms with E-state index < -0.39 is 6.10 Å². The number of nitrogens with zero attached hydrogens (tertiary/aromatic N) is 1. The van der Waals surface area contributed by atoms with Gasteiger partial charge in [-0.1, -0.05) is 42.8 Å². The van der Waals surface area contributed by atoms with Crippen molar-refractivity contribution in [2.24, 2.45) is 0 Å². The van der Waals surface area contributed by atoms with Crippen molar-refractivity contribution in [1.82, 2.24) is 4.90 Å². The summed E-state index contributed by atoms with van der Waals surface area (Å²) in [6.45, 7) is 3.68. The van der Waals surface area contributed by atoms with Crippen molar-refractivity contribution in [1.29, 1.82) is 0 Å². The Balaban J connectivity index is 1.44. The van der Waals surface area contributed by atoms with Gasteiger partial charge in [0.05, 0.1) is 0 Å². The van der Waals surface area contributed by atoms with Crippen LogP contribution < -0.4 is 9.47 Å². The van der Waals surface area contributed by atoms with Gasteiger partial charge in [-0.05, 0) is 43.6 Å². The highest BCUT2D eigenvalue weighted by Crippen LogP contribution is 2.21. The standard InChI is InChI=1S/C21H27NO3/c23-19(15-22-12-5-2-6-13-22)17-25-21-11-7-10-20(14-21)24-16-18-8-3-1-4-9-18/h1,3-4,7-11,14,19,23H,2,5-6,12-13,15-17H2. The van der Waals surface area contributed by atoms with Crippen LogP contribution in [0.1, 0.15) is 24.8 Å². The van der Waals surface area contributed by atoms with Gasteiger partial charge in [0, 0.05) is 12.6 Å². The van der Waals surface area contributed by atoms with Gasteiger partial charge in [0.25, 0.3) is 0 Å². The topological polar surface area (TPSA) is 41.9 Å². The number of likely N-dealkylation sites (tertiary alicyclic amines) is 1. The molecule has 0 bridgehead atoms. The third kappa shape index (κ3) is 6.07. The number of benzene rings is 2. The molecule has 0 spiro atoms. The number of hydrogen-bond donors (Lipinski definition) is 1. The molecule has 3 rings (SSSR count). The Hall–Kier alpha value is -2.04. The van der Waals surface area contributed by atoms with E-state index in [0.29, 0.717) is 19.8 Å². The Morgan fingerprint density at radius 3 is 2.36 bits per heavy atom. The van der Waals surface area contributed by atoms with Crippen molar-refractivity contribution in [3.63, 3.8) is 0 Å². The van der Waals surface area contributed by atoms with Gasteiger partial charge in [0.2, 0.25) is 0 Å². The summed E-state index contributed by atoms with van der Waals surface area (Å²) < 4.78 is 11.6. The van der Waals surface area contributed by atoms with Crippen molar-refractivity contribution < 1.29 is 14.6 Å². The van der Waals surface area contributed by atoms with E-state index in [1.54, 1.807) is 0 Å². The first-order chi connectivity index (χ1) is 12.3. The van der Waals surface area contributed by atoms with E-state index in [-0.39, 0.29) is 0 Å². The van der Waals surface area contributed by atoms with Gasteiger partial charge in [0.15, 0.2) is 0 Å². The van der Waals surface area contributed by atoms with E-state index in [9.17, 15) is 5.11 Å². The van der Waals surface area contributed by atoms with E-state index in [2.05, 4.69) is 4.90 Å². The van der Waals surface area contributed by atoms with Crippen LogP contribution in [0.3, 0.4) is 0 Å². The Morgan fingerprint density at radius 2 is 1.60 bits per heavy atom. The zero-order chi connectivity index (χ0) is 17.3. The predicted molar refractivity (Wildman–Crippen MR) is 99.0 cm³/mol. The molecule has 0 aromatic heterocycles. The highest BCUT2D eigenvalue weighted by atomic mass is 16.5. The van der Waals surface area contributed by atoms with E-state index in [0.717, 1.165) is 30.2 Å². The first-order valence-electron chi connectivity index (χ1n) is 9.09. The van der Waals surface area contributed by atoms with Crippen LogP contribution in [0.2, 0.25) is 0 Å². The second kappa shape index (κ2) is 9.44. The molecule has 1 aliphatic rings. The summed E-state index contributed by atoms with van der Waals surface area (Å²) in [5.74, 6) is 1.50. The van der Waals surface area contributed by atoms with E-state index in [1.807, 2.05) is 54.6 Å². The van der Waals surface area contributed by atoms with Crippen LogP contribution in [0.15, 0.2) is 54.6 Å². The fourth-order valence-electron chi connectivity index (χ4n) is 3.08. The SMILES string of the molecule is OC(COc1cccc(OCc2ccccc2)c1)CN1CCCCC1. The summed E-state index contributed by atoms with van der Waals surface area (Å²) in [6, 6.07) is 17.7. The molecule has 1 atom stereocenters. The Kier molecular flexibility index (Phi) is 6.71. The minimum atomic E-state index is -0.466. The van der Waals surface area contributed by atoms with Crippen LogP contribution in [-0.4, -0.2) is 42.4 Å². The van der Waals surface area contributed by atoms with Crippen LogP contribution in [-0.2, 0) is 6.61 Å². The third-order valence-electron chi connectivity index (χ3n) is 4.41. The van der Waals surface area contributed by atoms with Crippen LogP contribution in [0, 0.1) is 0 Å². The molecule has 0 aliphatic carbocycles. The molecule has 1 N–H and O–H groups in total. The summed E-state index contributed by atoms with van der Waals surface area (Å²) in [5.41, 5.74) is 1.13. The summed E-state index contributed by atoms with van der Waals surface area (Å²) in [4.78, 5) is 2.32. The smallest absolute Gasteiger partial charge is 0.123 e. The molecule has 134 valence electrons. The minimum absolute atomic E-state index is 0.304. The minimum Gasteiger partial charge on any atom is -0.491 e. The number of β-amino-alcohol motifs (C(OH)–C–C–N with tert-alkyl or cyclic N) is 1. The molecule has 2 aromatic rings. The lowest BCUT2D eigenvalue weighted by Crippen LogP contribution is -2.38. The van der Waals surface area contributed by atoms with Crippen molar-refractivity contribution in [2.75, 3.05) is 26.2 Å². The second-order valence-corrected chi connectivity index (χ2v) is 6.58. The van der Waals surface area contributed by atoms with Gasteiger partial charge >= 0.3 is 0 Å². The lowest BCUT2D eigenvalue weighted by Gasteiger charge is -2.28. The van der Waals surface area contributed by atoms with Crippen LogP contribution in [0.5, 0.6) is 11.5 Å². The van der Waals surface area contributed by atoms with Gasteiger partial charge in [-0.2, -0.15) is 0 Å². The fourth-order valence-corrected chi connectivity index (χ4v) is 3.08. The van der Waals surface area contributed by atoms with E-state index >= 15 is 0 Å². The van der Waals surface area contributed by atoms with Crippen molar-refractivity contribution in [3.05, 3.63) is 60.2 Å². The molecule has 2 aromatic carbocycles. The molecule has 1 saturated heterocycles. The van der Waals surface area contributed by atoms with E-state index in [4.69, 9.17) is 9.47 Å². The number of rotatable bonds is 8. The molecule has 0 radical (unpaired) electrons. The summed E-state index contributed by atoms with van der Waals surface area (Å²) in [6.07, 6.45) is 3.30. The first kappa shape index (κ1) is 17.8. The van der Waals surface area contributed by atoms with E-state index in [1.165, 1.54) is 19.3 Å². The molecule has 0 amide bonds. The molecule has 1 heterocycles. The van der Waals surface area contributed by atoms with Crippen molar-refractivity contribution >= 4 is 0 Å². The van der Waals surface area contributed by atoms with Crippen LogP contribution in [0.25, 0.3) is 0 Å². The largest absolute Gasteiger partial charge is 0.491 e. The average molecular weight is 341 g/mol. The molecule has 1 fully saturated rings. The van der Waals surface area contributed by atoms with Crippen LogP contribution >= 0.6 is 0 Å². The van der Waals surface area contributed by atoms with Gasteiger partial charge in [0.1, 0.15) is 30.8 Å². The van der Waals surface area contributed by atoms with Gasteiger partial charge in [-0.3, -0.25) is 0 Å². The molecular weight excluding hydrogens is 314 g/mol. The van der Waals surface area contributed by atoms with Gasteiger partial charge in [-0.25, -0.2) is 0 Å². The van der Waals surface area contributed by atoms with Crippen molar-refractivity contribution in [2.45, 2.75) is 32.0 Å². The maximum absolute atomic E-state index is 10.2. The summed E-state index contributed by atoms with van der Waals surface area (Å²) in [5, 5.41) is 10.2. The Bertz CT molecular complexity index is 626. The number of aliphatic hydroxyl groups is 1. The fraction of sp³-hybridized carbons (Fsp3) is 0.429. The van der Waals surface area contributed by atoms with Crippen LogP contribution in [0.4, 0.5) is 0 Å². The maximum Gasteiger partial charge on any atom is 0.123 e. The number of hydrogen-bond acceptors (Lipinski definition) is 4. The third-order valence-corrected chi connectivity index (χ3v) is 4.41. The number of aliphatic hydroxyl groups excluding tert-OH is 1. The Labute approximate surface area is 150 Å². The molecule has 1 unspecified atom stereocenters. The molecule has 4 nitrogen and oxygen atoms in total. The summed E-state index contributed by atoms with van der Waals surface area (Å²) >= 11 is 0. The van der Waals surface area contributed by atoms with Gasteiger partial charge < -0.3 is 19.5 Å². The lowest BCUT2D eigenvalue weighted by molar-refractivity contribution is 0.0616. The highest BCUT2D eigenvalue weighted by molar-refractivity contribution is 5.33. The number of piperidine rings is 1. The quantitative estimate of drug-likeness (QED) is 0.798. The zero-order valence-electron chi connectivity index (χ0n) is 14.6. The monoisotopic (exact) mass is 341 g/mol. The van der Waals surface area contributed by atoms with Gasteiger partial charge in [-0.15, -0.1) is 0 Å². The normalized spacial score (nSPS) is 16.4.